The van der Waals surface area contributed by atoms with E-state index in [-0.39, 0.29) is 11.8 Å². The van der Waals surface area contributed by atoms with Crippen LogP contribution in [-0.2, 0) is 0 Å². The van der Waals surface area contributed by atoms with Crippen molar-refractivity contribution in [2.75, 3.05) is 31.1 Å². The van der Waals surface area contributed by atoms with E-state index in [1.807, 2.05) is 49.7 Å². The molecule has 3 heterocycles. The summed E-state index contributed by atoms with van der Waals surface area (Å²) in [7, 11) is 0. The van der Waals surface area contributed by atoms with E-state index in [1.165, 1.54) is 0 Å². The molecule has 0 spiro atoms. The lowest BCUT2D eigenvalue weighted by atomic mass is 10.0. The Morgan fingerprint density at radius 2 is 2.00 bits per heavy atom. The second-order valence-corrected chi connectivity index (χ2v) is 7.42. The maximum atomic E-state index is 13.2. The van der Waals surface area contributed by atoms with Gasteiger partial charge in [-0.1, -0.05) is 18.2 Å². The predicted octanol–water partition coefficient (Wildman–Crippen LogP) is 3.33. The Hall–Kier alpha value is -2.18. The van der Waals surface area contributed by atoms with Crippen LogP contribution < -0.4 is 4.90 Å². The number of thiazole rings is 1. The molecule has 4 rings (SSSR count). The molecule has 1 aliphatic heterocycles. The molecular weight excluding hydrogens is 332 g/mol. The first-order valence-corrected chi connectivity index (χ1v) is 9.53. The second kappa shape index (κ2) is 6.61. The molecule has 5 nitrogen and oxygen atoms in total. The van der Waals surface area contributed by atoms with Crippen molar-refractivity contribution >= 4 is 33.2 Å². The molecule has 0 unspecified atom stereocenters. The molecule has 2 aromatic heterocycles. The van der Waals surface area contributed by atoms with Gasteiger partial charge in [0.05, 0.1) is 6.04 Å². The number of aromatic nitrogens is 2. The van der Waals surface area contributed by atoms with Crippen LogP contribution >= 0.6 is 11.3 Å². The number of nitrogens with zero attached hydrogens (tertiary/aromatic N) is 3. The Morgan fingerprint density at radius 1 is 1.24 bits per heavy atom. The smallest absolute Gasteiger partial charge is 0.185 e. The number of benzene rings is 1. The number of carbonyl (C=O) groups is 1. The molecule has 1 fully saturated rings. The maximum absolute atomic E-state index is 13.2. The highest BCUT2D eigenvalue weighted by atomic mass is 32.1. The summed E-state index contributed by atoms with van der Waals surface area (Å²) in [5, 5.41) is 4.11. The van der Waals surface area contributed by atoms with Crippen molar-refractivity contribution in [3.8, 4) is 0 Å². The number of anilines is 1. The molecule has 1 atom stereocenters. The van der Waals surface area contributed by atoms with Crippen LogP contribution in [-0.4, -0.2) is 52.9 Å². The molecule has 6 heteroatoms. The van der Waals surface area contributed by atoms with E-state index >= 15 is 0 Å². The van der Waals surface area contributed by atoms with Crippen molar-refractivity contribution in [1.82, 2.24) is 14.9 Å². The summed E-state index contributed by atoms with van der Waals surface area (Å²) in [6.45, 7) is 7.61. The number of fused-ring (bicyclic) bond motifs is 1. The number of carbonyl (C=O) groups excluding carboxylic acids is 1. The van der Waals surface area contributed by atoms with Gasteiger partial charge in [0.25, 0.3) is 0 Å². The molecule has 25 heavy (non-hydrogen) atoms. The summed E-state index contributed by atoms with van der Waals surface area (Å²) in [6.07, 6.45) is 1.85. The predicted molar refractivity (Wildman–Crippen MR) is 103 cm³/mol. The number of ketones is 1. The number of hydrogen-bond donors (Lipinski definition) is 1. The van der Waals surface area contributed by atoms with Crippen LogP contribution in [0.4, 0.5) is 5.13 Å². The molecule has 0 radical (unpaired) electrons. The zero-order valence-corrected chi connectivity index (χ0v) is 15.3. The first-order chi connectivity index (χ1) is 12.1. The summed E-state index contributed by atoms with van der Waals surface area (Å²) >= 11 is 1.67. The maximum Gasteiger partial charge on any atom is 0.185 e. The Labute approximate surface area is 151 Å². The van der Waals surface area contributed by atoms with Gasteiger partial charge in [0.15, 0.2) is 10.9 Å². The fraction of sp³-hybridized carbons (Fsp3) is 0.368. The van der Waals surface area contributed by atoms with Crippen LogP contribution in [0.2, 0.25) is 0 Å². The summed E-state index contributed by atoms with van der Waals surface area (Å²) in [4.78, 5) is 25.5. The van der Waals surface area contributed by atoms with E-state index in [1.54, 1.807) is 11.3 Å². The minimum absolute atomic E-state index is 0.114. The monoisotopic (exact) mass is 354 g/mol. The third-order valence-electron chi connectivity index (χ3n) is 5.07. The average Bonchev–Trinajstić information content (AvgIpc) is 3.27. The largest absolute Gasteiger partial charge is 0.358 e. The van der Waals surface area contributed by atoms with E-state index in [4.69, 9.17) is 0 Å². The minimum atomic E-state index is -0.114. The first kappa shape index (κ1) is 16.3. The van der Waals surface area contributed by atoms with Gasteiger partial charge in [-0.2, -0.15) is 0 Å². The lowest BCUT2D eigenvalue weighted by Gasteiger charge is -2.37. The van der Waals surface area contributed by atoms with Crippen LogP contribution in [0.3, 0.4) is 0 Å². The van der Waals surface area contributed by atoms with E-state index in [0.29, 0.717) is 0 Å². The molecule has 130 valence electrons. The summed E-state index contributed by atoms with van der Waals surface area (Å²) in [5.74, 6) is 0.206. The summed E-state index contributed by atoms with van der Waals surface area (Å²) in [6, 6.07) is 7.92. The van der Waals surface area contributed by atoms with Crippen LogP contribution in [0.1, 0.15) is 23.0 Å². The fourth-order valence-electron chi connectivity index (χ4n) is 3.64. The van der Waals surface area contributed by atoms with Gasteiger partial charge < -0.3 is 9.88 Å². The van der Waals surface area contributed by atoms with Gasteiger partial charge in [0.1, 0.15) is 0 Å². The van der Waals surface area contributed by atoms with Gasteiger partial charge in [-0.05, 0) is 19.9 Å². The van der Waals surface area contributed by atoms with Gasteiger partial charge in [0, 0.05) is 59.9 Å². The molecular formula is C19H22N4OS. The molecule has 0 saturated carbocycles. The van der Waals surface area contributed by atoms with Crippen molar-refractivity contribution in [2.24, 2.45) is 0 Å². The van der Waals surface area contributed by atoms with Crippen molar-refractivity contribution < 1.29 is 4.79 Å². The number of Topliss-reactive ketones (excluding diaryl/α,β-unsaturated/α-hetero) is 1. The summed E-state index contributed by atoms with van der Waals surface area (Å²) < 4.78 is 0. The van der Waals surface area contributed by atoms with Crippen LogP contribution in [0.15, 0.2) is 35.8 Å². The quantitative estimate of drug-likeness (QED) is 0.730. The average molecular weight is 354 g/mol. The van der Waals surface area contributed by atoms with E-state index < -0.39 is 0 Å². The van der Waals surface area contributed by atoms with Crippen LogP contribution in [0.25, 0.3) is 10.9 Å². The van der Waals surface area contributed by atoms with Crippen LogP contribution in [0, 0.1) is 6.92 Å². The second-order valence-electron chi connectivity index (χ2n) is 6.55. The molecule has 3 aromatic rings. The van der Waals surface area contributed by atoms with Gasteiger partial charge >= 0.3 is 0 Å². The highest BCUT2D eigenvalue weighted by molar-refractivity contribution is 7.13. The van der Waals surface area contributed by atoms with Crippen molar-refractivity contribution in [2.45, 2.75) is 19.9 Å². The number of aryl methyl sites for hydroxylation is 1. The number of hydrogen-bond acceptors (Lipinski definition) is 5. The van der Waals surface area contributed by atoms with Crippen molar-refractivity contribution in [1.29, 1.82) is 0 Å². The van der Waals surface area contributed by atoms with Crippen LogP contribution in [0.5, 0.6) is 0 Å². The first-order valence-electron chi connectivity index (χ1n) is 8.65. The third-order valence-corrected chi connectivity index (χ3v) is 5.90. The number of H-pyrrole nitrogens is 1. The van der Waals surface area contributed by atoms with Gasteiger partial charge in [-0.25, -0.2) is 4.98 Å². The van der Waals surface area contributed by atoms with Gasteiger partial charge in [-0.3, -0.25) is 9.69 Å². The molecule has 1 N–H and O–H groups in total. The fourth-order valence-corrected chi connectivity index (χ4v) is 4.34. The normalized spacial score (nSPS) is 17.1. The van der Waals surface area contributed by atoms with Gasteiger partial charge in [0.2, 0.25) is 0 Å². The molecule has 1 aliphatic rings. The Bertz CT molecular complexity index is 878. The zero-order chi connectivity index (χ0) is 17.4. The van der Waals surface area contributed by atoms with Crippen molar-refractivity contribution in [3.63, 3.8) is 0 Å². The number of piperazine rings is 1. The minimum Gasteiger partial charge on any atom is -0.358 e. The standard InChI is InChI=1S/C19H22N4OS/c1-13-17(15-5-3-4-6-16(15)21-13)18(24)14(2)22-8-10-23(11-9-22)19-20-7-12-25-19/h3-7,12,14,21H,8-11H2,1-2H3/t14-/m0/s1. The summed E-state index contributed by atoms with van der Waals surface area (Å²) in [5.41, 5.74) is 2.83. The number of aromatic amines is 1. The molecule has 0 aliphatic carbocycles. The lowest BCUT2D eigenvalue weighted by Crippen LogP contribution is -2.51. The molecule has 1 saturated heterocycles. The molecule has 1 aromatic carbocycles. The number of nitrogens with one attached hydrogen (secondary N) is 1. The zero-order valence-electron chi connectivity index (χ0n) is 14.5. The lowest BCUT2D eigenvalue weighted by molar-refractivity contribution is 0.0831. The number of rotatable bonds is 4. The Morgan fingerprint density at radius 3 is 2.72 bits per heavy atom. The van der Waals surface area contributed by atoms with Gasteiger partial charge in [-0.15, -0.1) is 11.3 Å². The van der Waals surface area contributed by atoms with E-state index in [0.717, 1.165) is 53.5 Å². The SMILES string of the molecule is Cc1[nH]c2ccccc2c1C(=O)[C@H](C)N1CCN(c2nccs2)CC1. The Balaban J connectivity index is 1.50. The third kappa shape index (κ3) is 2.96. The highest BCUT2D eigenvalue weighted by Gasteiger charge is 2.29. The molecule has 0 bridgehead atoms. The Kier molecular flexibility index (Phi) is 4.31. The highest BCUT2D eigenvalue weighted by Crippen LogP contribution is 2.25. The van der Waals surface area contributed by atoms with E-state index in [2.05, 4.69) is 19.8 Å². The molecule has 0 amide bonds. The van der Waals surface area contributed by atoms with Crippen molar-refractivity contribution in [3.05, 3.63) is 47.1 Å². The number of para-hydroxylation sites is 1. The topological polar surface area (TPSA) is 52.2 Å². The van der Waals surface area contributed by atoms with E-state index in [9.17, 15) is 4.79 Å².